The number of rotatable bonds is 5. The molecule has 2 aromatic carbocycles. The molecule has 6 heteroatoms. The molecule has 1 atom stereocenters. The third-order valence-electron chi connectivity index (χ3n) is 2.97. The fraction of sp³-hybridized carbons (Fsp3) is 0.200. The molecule has 0 radical (unpaired) electrons. The smallest absolute Gasteiger partial charge is 0.229 e. The summed E-state index contributed by atoms with van der Waals surface area (Å²) in [5.74, 6) is 0. The van der Waals surface area contributed by atoms with Gasteiger partial charge < -0.3 is 5.32 Å². The van der Waals surface area contributed by atoms with Gasteiger partial charge in [0.05, 0.1) is 23.7 Å². The molecule has 0 aliphatic carbocycles. The summed E-state index contributed by atoms with van der Waals surface area (Å²) in [5, 5.41) is 3.95. The Balaban J connectivity index is 2.26. The van der Waals surface area contributed by atoms with Crippen LogP contribution < -0.4 is 10.0 Å². The lowest BCUT2D eigenvalue weighted by Gasteiger charge is -2.19. The van der Waals surface area contributed by atoms with Crippen LogP contribution in [0.5, 0.6) is 0 Å². The van der Waals surface area contributed by atoms with Crippen LogP contribution in [-0.2, 0) is 10.0 Å². The molecule has 0 spiro atoms. The van der Waals surface area contributed by atoms with Gasteiger partial charge in [-0.25, -0.2) is 8.42 Å². The first-order valence-corrected chi connectivity index (χ1v) is 8.71. The summed E-state index contributed by atoms with van der Waals surface area (Å²) in [5.41, 5.74) is 2.17. The molecule has 2 aromatic rings. The Labute approximate surface area is 130 Å². The molecule has 0 fully saturated rings. The molecule has 2 N–H and O–H groups in total. The van der Waals surface area contributed by atoms with Gasteiger partial charge in [0.25, 0.3) is 0 Å². The summed E-state index contributed by atoms with van der Waals surface area (Å²) in [4.78, 5) is 0. The molecular formula is C15H17ClN2O2S. The summed E-state index contributed by atoms with van der Waals surface area (Å²) >= 11 is 6.18. The summed E-state index contributed by atoms with van der Waals surface area (Å²) in [6, 6.07) is 14.7. The fourth-order valence-electron chi connectivity index (χ4n) is 2.03. The SMILES string of the molecule is CC(Nc1ccccc1NS(C)(=O)=O)c1ccccc1Cl. The van der Waals surface area contributed by atoms with E-state index in [-0.39, 0.29) is 6.04 Å². The molecule has 0 aliphatic heterocycles. The Kier molecular flexibility index (Phi) is 4.75. The maximum Gasteiger partial charge on any atom is 0.229 e. The van der Waals surface area contributed by atoms with Gasteiger partial charge in [0.2, 0.25) is 10.0 Å². The molecule has 0 saturated heterocycles. The molecule has 0 heterocycles. The van der Waals surface area contributed by atoms with Crippen LogP contribution in [0.15, 0.2) is 48.5 Å². The highest BCUT2D eigenvalue weighted by Crippen LogP contribution is 2.29. The predicted molar refractivity (Wildman–Crippen MR) is 88.4 cm³/mol. The van der Waals surface area contributed by atoms with Gasteiger partial charge in [0.15, 0.2) is 0 Å². The van der Waals surface area contributed by atoms with Crippen LogP contribution in [0.1, 0.15) is 18.5 Å². The van der Waals surface area contributed by atoms with Crippen molar-refractivity contribution in [1.82, 2.24) is 0 Å². The average molecular weight is 325 g/mol. The quantitative estimate of drug-likeness (QED) is 0.877. The van der Waals surface area contributed by atoms with Crippen molar-refractivity contribution in [2.45, 2.75) is 13.0 Å². The third-order valence-corrected chi connectivity index (χ3v) is 3.90. The Morgan fingerprint density at radius 3 is 2.19 bits per heavy atom. The lowest BCUT2D eigenvalue weighted by atomic mass is 10.1. The molecule has 0 aromatic heterocycles. The summed E-state index contributed by atoms with van der Waals surface area (Å²) in [6.45, 7) is 1.97. The molecule has 21 heavy (non-hydrogen) atoms. The molecule has 4 nitrogen and oxygen atoms in total. The van der Waals surface area contributed by atoms with E-state index in [2.05, 4.69) is 10.0 Å². The van der Waals surface area contributed by atoms with E-state index < -0.39 is 10.0 Å². The maximum absolute atomic E-state index is 11.4. The molecule has 0 aliphatic rings. The summed E-state index contributed by atoms with van der Waals surface area (Å²) in [7, 11) is -3.32. The van der Waals surface area contributed by atoms with Crippen molar-refractivity contribution in [3.8, 4) is 0 Å². The molecule has 0 saturated carbocycles. The zero-order chi connectivity index (χ0) is 15.5. The second-order valence-electron chi connectivity index (χ2n) is 4.81. The fourth-order valence-corrected chi connectivity index (χ4v) is 2.91. The van der Waals surface area contributed by atoms with Crippen LogP contribution in [0.25, 0.3) is 0 Å². The number of nitrogens with one attached hydrogen (secondary N) is 2. The average Bonchev–Trinajstić information content (AvgIpc) is 2.40. The lowest BCUT2D eigenvalue weighted by Crippen LogP contribution is -2.13. The van der Waals surface area contributed by atoms with E-state index in [1.54, 1.807) is 12.1 Å². The van der Waals surface area contributed by atoms with Crippen LogP contribution >= 0.6 is 11.6 Å². The van der Waals surface area contributed by atoms with Crippen molar-refractivity contribution in [2.75, 3.05) is 16.3 Å². The van der Waals surface area contributed by atoms with Gasteiger partial charge in [-0.05, 0) is 30.7 Å². The molecular weight excluding hydrogens is 308 g/mol. The van der Waals surface area contributed by atoms with Gasteiger partial charge in [-0.15, -0.1) is 0 Å². The van der Waals surface area contributed by atoms with Crippen molar-refractivity contribution in [3.63, 3.8) is 0 Å². The number of benzene rings is 2. The lowest BCUT2D eigenvalue weighted by molar-refractivity contribution is 0.607. The predicted octanol–water partition coefficient (Wildman–Crippen LogP) is 3.88. The van der Waals surface area contributed by atoms with E-state index in [9.17, 15) is 8.42 Å². The van der Waals surface area contributed by atoms with Gasteiger partial charge in [-0.1, -0.05) is 41.9 Å². The van der Waals surface area contributed by atoms with E-state index in [4.69, 9.17) is 11.6 Å². The molecule has 0 bridgehead atoms. The zero-order valence-corrected chi connectivity index (χ0v) is 13.4. The van der Waals surface area contributed by atoms with Crippen molar-refractivity contribution in [1.29, 1.82) is 0 Å². The molecule has 2 rings (SSSR count). The maximum atomic E-state index is 11.4. The highest BCUT2D eigenvalue weighted by Gasteiger charge is 2.12. The van der Waals surface area contributed by atoms with Crippen LogP contribution in [0, 0.1) is 0 Å². The minimum Gasteiger partial charge on any atom is -0.377 e. The topological polar surface area (TPSA) is 58.2 Å². The zero-order valence-electron chi connectivity index (χ0n) is 11.8. The second-order valence-corrected chi connectivity index (χ2v) is 6.96. The molecule has 0 amide bonds. The first kappa shape index (κ1) is 15.7. The Morgan fingerprint density at radius 1 is 1.00 bits per heavy atom. The minimum atomic E-state index is -3.32. The van der Waals surface area contributed by atoms with Crippen LogP contribution in [0.3, 0.4) is 0 Å². The number of hydrogen-bond donors (Lipinski definition) is 2. The Bertz CT molecular complexity index is 732. The van der Waals surface area contributed by atoms with Crippen molar-refractivity contribution < 1.29 is 8.42 Å². The number of sulfonamides is 1. The monoisotopic (exact) mass is 324 g/mol. The van der Waals surface area contributed by atoms with E-state index in [1.807, 2.05) is 43.3 Å². The summed E-state index contributed by atoms with van der Waals surface area (Å²) < 4.78 is 25.3. The van der Waals surface area contributed by atoms with E-state index in [1.165, 1.54) is 0 Å². The van der Waals surface area contributed by atoms with Gasteiger partial charge in [0.1, 0.15) is 0 Å². The van der Waals surface area contributed by atoms with Gasteiger partial charge in [0, 0.05) is 5.02 Å². The third kappa shape index (κ3) is 4.37. The van der Waals surface area contributed by atoms with Gasteiger partial charge in [-0.2, -0.15) is 0 Å². The van der Waals surface area contributed by atoms with Crippen molar-refractivity contribution >= 4 is 33.0 Å². The Morgan fingerprint density at radius 2 is 1.57 bits per heavy atom. The van der Waals surface area contributed by atoms with E-state index >= 15 is 0 Å². The first-order valence-electron chi connectivity index (χ1n) is 6.44. The van der Waals surface area contributed by atoms with Gasteiger partial charge >= 0.3 is 0 Å². The highest BCUT2D eigenvalue weighted by atomic mass is 35.5. The van der Waals surface area contributed by atoms with Crippen LogP contribution in [-0.4, -0.2) is 14.7 Å². The van der Waals surface area contributed by atoms with E-state index in [0.717, 1.165) is 11.8 Å². The van der Waals surface area contributed by atoms with E-state index in [0.29, 0.717) is 16.4 Å². The standard InChI is InChI=1S/C15H17ClN2O2S/c1-11(12-7-3-4-8-13(12)16)17-14-9-5-6-10-15(14)18-21(2,19)20/h3-11,17-18H,1-2H3. The largest absolute Gasteiger partial charge is 0.377 e. The molecule has 1 unspecified atom stereocenters. The van der Waals surface area contributed by atoms with Crippen molar-refractivity contribution in [3.05, 3.63) is 59.1 Å². The molecule has 112 valence electrons. The second kappa shape index (κ2) is 6.37. The highest BCUT2D eigenvalue weighted by molar-refractivity contribution is 7.92. The number of hydrogen-bond acceptors (Lipinski definition) is 3. The summed E-state index contributed by atoms with van der Waals surface area (Å²) in [6.07, 6.45) is 1.13. The van der Waals surface area contributed by atoms with Crippen LogP contribution in [0.2, 0.25) is 5.02 Å². The van der Waals surface area contributed by atoms with Gasteiger partial charge in [-0.3, -0.25) is 4.72 Å². The normalized spacial score (nSPS) is 12.7. The number of para-hydroxylation sites is 2. The van der Waals surface area contributed by atoms with Crippen LogP contribution in [0.4, 0.5) is 11.4 Å². The Hall–Kier alpha value is -1.72. The first-order chi connectivity index (χ1) is 9.87. The minimum absolute atomic E-state index is 0.0544. The number of halogens is 1. The van der Waals surface area contributed by atoms with Crippen molar-refractivity contribution in [2.24, 2.45) is 0 Å². The number of anilines is 2.